The highest BCUT2D eigenvalue weighted by Crippen LogP contribution is 2.51. The average Bonchev–Trinajstić information content (AvgIpc) is 1.92. The maximum Gasteiger partial charge on any atom is 0.471 e. The number of hydrogen-bond acceptors (Lipinski definition) is 15. The van der Waals surface area contributed by atoms with Crippen molar-refractivity contribution < 1.29 is 91.4 Å². The second kappa shape index (κ2) is 32.1. The second-order valence-corrected chi connectivity index (χ2v) is 21.5. The number of aromatic nitrogens is 2. The molecule has 4 amide bonds. The van der Waals surface area contributed by atoms with E-state index in [2.05, 4.69) is 10.3 Å². The lowest BCUT2D eigenvalue weighted by Gasteiger charge is -2.39. The molecule has 5 atom stereocenters. The molecular formula is C56H68F9N8O13P. The molecule has 1 aromatic heterocycles. The number of H-pyrrole nitrogens is 1. The van der Waals surface area contributed by atoms with Crippen molar-refractivity contribution in [1.82, 2.24) is 34.7 Å². The molecular weight excluding hydrogens is 1190 g/mol. The van der Waals surface area contributed by atoms with Gasteiger partial charge in [-0.15, -0.1) is 0 Å². The Morgan fingerprint density at radius 1 is 0.690 bits per heavy atom. The molecule has 2 heterocycles. The number of amides is 4. The molecule has 1 saturated heterocycles. The molecule has 3 aromatic carbocycles. The molecule has 3 N–H and O–H groups in total. The van der Waals surface area contributed by atoms with Gasteiger partial charge in [0, 0.05) is 63.6 Å². The van der Waals surface area contributed by atoms with Crippen LogP contribution in [0.1, 0.15) is 82.7 Å². The smallest absolute Gasteiger partial charge is 0.471 e. The average molecular weight is 1260 g/mol. The van der Waals surface area contributed by atoms with Crippen LogP contribution < -0.4 is 31.4 Å². The van der Waals surface area contributed by atoms with Gasteiger partial charge in [-0.2, -0.15) is 44.8 Å². The summed E-state index contributed by atoms with van der Waals surface area (Å²) >= 11 is 0. The summed E-state index contributed by atoms with van der Waals surface area (Å²) in [5.41, 5.74) is -1.50. The molecule has 0 spiro atoms. The number of halogens is 9. The molecule has 5 rings (SSSR count). The van der Waals surface area contributed by atoms with Crippen molar-refractivity contribution in [1.29, 1.82) is 5.26 Å². The predicted molar refractivity (Wildman–Crippen MR) is 295 cm³/mol. The molecule has 4 aromatic rings. The van der Waals surface area contributed by atoms with Gasteiger partial charge in [-0.3, -0.25) is 28.7 Å². The van der Waals surface area contributed by atoms with E-state index in [1.54, 1.807) is 60.7 Å². The van der Waals surface area contributed by atoms with Crippen LogP contribution in [0.2, 0.25) is 0 Å². The Morgan fingerprint density at radius 2 is 1.18 bits per heavy atom. The summed E-state index contributed by atoms with van der Waals surface area (Å²) in [6.45, 7) is 2.66. The number of alkyl carbamates (subject to hydrolysis) is 1. The Hall–Kier alpha value is -7.29. The number of alkyl halides is 9. The minimum atomic E-state index is -5.44. The van der Waals surface area contributed by atoms with Gasteiger partial charge in [0.05, 0.1) is 39.9 Å². The highest BCUT2D eigenvalue weighted by molar-refractivity contribution is 7.44. The summed E-state index contributed by atoms with van der Waals surface area (Å²) in [6.07, 6.45) is -24.3. The van der Waals surface area contributed by atoms with E-state index in [1.807, 2.05) is 56.6 Å². The first kappa shape index (κ1) is 70.5. The summed E-state index contributed by atoms with van der Waals surface area (Å²) in [7, 11) is 0.775. The lowest BCUT2D eigenvalue weighted by molar-refractivity contribution is -0.186. The zero-order chi connectivity index (χ0) is 64.3. The molecule has 1 aliphatic rings. The summed E-state index contributed by atoms with van der Waals surface area (Å²) in [6, 6.07) is 25.7. The van der Waals surface area contributed by atoms with E-state index >= 15 is 0 Å². The van der Waals surface area contributed by atoms with E-state index in [1.165, 1.54) is 19.5 Å². The van der Waals surface area contributed by atoms with Crippen LogP contribution in [0.25, 0.3) is 0 Å². The standard InChI is InChI=1S/C56H68F9N8O13P/c1-36(2)73(37(3)4)87(83-34-12-26-66)86-45-43(35-82-53(38-15-8-7-9-16-38,39-17-21-41(80-5)22-18-39)40-19-23-42(81-6)24-20-40)84-47(72-33-25-44(74)69-51(72)78)46(45)85-52(79)68-28-14-32-71(50(77)56(63,64)65)30-11-10-29-70(49(76)55(60,61)62)31-13-27-67-48(75)54(57,58)59/h7-9,15-25,33,36-37,43,45-47H,10-14,27-32,34-35H2,1-6H3,(H,67,75)(H,68,79)(H,69,74,78)/t43-,45-,46-,47-,87?/m1/s1. The molecule has 1 unspecified atom stereocenters. The number of methoxy groups -OCH3 is 2. The second-order valence-electron chi connectivity index (χ2n) is 20.1. The lowest BCUT2D eigenvalue weighted by Crippen LogP contribution is -2.46. The molecule has 21 nitrogen and oxygen atoms in total. The molecule has 0 saturated carbocycles. The number of carbonyl (C=O) groups excluding carboxylic acids is 4. The SMILES string of the molecule is COc1ccc(C(OC[C@H]2O[C@@H](n3ccc(=O)[nH]c3=O)[C@H](OC(=O)NCCCN(CCCCN(CCCNC(=O)C(F)(F)F)C(=O)C(F)(F)F)C(=O)C(F)(F)F)[C@@H]2OP(OCCC#N)N(C(C)C)C(C)C)(c2ccccc2)c2ccc(OC)cc2)cc1. The van der Waals surface area contributed by atoms with Crippen LogP contribution in [0.15, 0.2) is 101 Å². The van der Waals surface area contributed by atoms with E-state index in [0.717, 1.165) is 16.8 Å². The lowest BCUT2D eigenvalue weighted by atomic mass is 9.80. The number of aromatic amines is 1. The number of rotatable bonds is 31. The van der Waals surface area contributed by atoms with Crippen LogP contribution in [0, 0.1) is 11.3 Å². The van der Waals surface area contributed by atoms with Gasteiger partial charge in [-0.1, -0.05) is 54.6 Å². The fraction of sp³-hybridized carbons (Fsp3) is 0.518. The largest absolute Gasteiger partial charge is 0.497 e. The highest BCUT2D eigenvalue weighted by atomic mass is 31.2. The number of nitrogens with zero attached hydrogens (tertiary/aromatic N) is 5. The Morgan fingerprint density at radius 3 is 1.64 bits per heavy atom. The van der Waals surface area contributed by atoms with Crippen LogP contribution in [-0.2, 0) is 43.2 Å². The minimum absolute atomic E-state index is 0.0726. The van der Waals surface area contributed by atoms with Crippen molar-refractivity contribution in [2.75, 3.05) is 66.7 Å². The van der Waals surface area contributed by atoms with Gasteiger partial charge in [0.25, 0.3) is 14.1 Å². The van der Waals surface area contributed by atoms with E-state index in [0.29, 0.717) is 33.1 Å². The van der Waals surface area contributed by atoms with Gasteiger partial charge in [0.1, 0.15) is 29.3 Å². The first-order valence-corrected chi connectivity index (χ1v) is 28.4. The normalized spacial score (nSPS) is 16.7. The van der Waals surface area contributed by atoms with E-state index < -0.39 is 164 Å². The fourth-order valence-electron chi connectivity index (χ4n) is 9.42. The summed E-state index contributed by atoms with van der Waals surface area (Å²) < 4.78 is 167. The number of unbranched alkanes of at least 4 members (excludes halogenated alkanes) is 1. The zero-order valence-corrected chi connectivity index (χ0v) is 49.1. The Bertz CT molecular complexity index is 2970. The third kappa shape index (κ3) is 19.6. The van der Waals surface area contributed by atoms with Gasteiger partial charge in [0.15, 0.2) is 12.3 Å². The summed E-state index contributed by atoms with van der Waals surface area (Å²) in [5.74, 6) is -6.06. The predicted octanol–water partition coefficient (Wildman–Crippen LogP) is 8.24. The van der Waals surface area contributed by atoms with Crippen molar-refractivity contribution in [3.8, 4) is 17.6 Å². The number of benzene rings is 3. The number of nitrogens with one attached hydrogen (secondary N) is 3. The molecule has 0 radical (unpaired) electrons. The van der Waals surface area contributed by atoms with Crippen LogP contribution in [0.4, 0.5) is 44.3 Å². The van der Waals surface area contributed by atoms with Gasteiger partial charge in [-0.05, 0) is 94.3 Å². The molecule has 0 aliphatic carbocycles. The molecule has 87 heavy (non-hydrogen) atoms. The maximum absolute atomic E-state index is 14.1. The number of nitriles is 1. The number of ether oxygens (including phenoxy) is 5. The van der Waals surface area contributed by atoms with Crippen LogP contribution in [-0.4, -0.2) is 163 Å². The van der Waals surface area contributed by atoms with Gasteiger partial charge < -0.3 is 53.2 Å². The van der Waals surface area contributed by atoms with Gasteiger partial charge in [0.2, 0.25) is 0 Å². The van der Waals surface area contributed by atoms with Crippen LogP contribution >= 0.6 is 8.53 Å². The molecule has 478 valence electrons. The summed E-state index contributed by atoms with van der Waals surface area (Å²) in [5, 5.41) is 13.4. The molecule has 1 fully saturated rings. The van der Waals surface area contributed by atoms with E-state index in [4.69, 9.17) is 32.7 Å². The maximum atomic E-state index is 14.1. The van der Waals surface area contributed by atoms with Gasteiger partial charge in [-0.25, -0.2) is 14.3 Å². The van der Waals surface area contributed by atoms with Crippen molar-refractivity contribution in [2.45, 2.75) is 121 Å². The third-order valence-electron chi connectivity index (χ3n) is 13.4. The fourth-order valence-corrected chi connectivity index (χ4v) is 11.2. The Balaban J connectivity index is 1.48. The highest BCUT2D eigenvalue weighted by Gasteiger charge is 2.53. The van der Waals surface area contributed by atoms with Crippen LogP contribution in [0.5, 0.6) is 11.5 Å². The molecule has 0 bridgehead atoms. The molecule has 1 aliphatic heterocycles. The Labute approximate surface area is 495 Å². The minimum Gasteiger partial charge on any atom is -0.497 e. The van der Waals surface area contributed by atoms with Gasteiger partial charge >= 0.3 is 48.0 Å². The number of hydrogen-bond donors (Lipinski definition) is 3. The number of carbonyl (C=O) groups is 4. The quantitative estimate of drug-likeness (QED) is 0.0186. The van der Waals surface area contributed by atoms with E-state index in [9.17, 15) is 73.5 Å². The monoisotopic (exact) mass is 1260 g/mol. The zero-order valence-electron chi connectivity index (χ0n) is 48.2. The topological polar surface area (TPSA) is 245 Å². The van der Waals surface area contributed by atoms with Crippen molar-refractivity contribution >= 4 is 32.3 Å². The first-order valence-electron chi connectivity index (χ1n) is 27.3. The third-order valence-corrected chi connectivity index (χ3v) is 15.5. The van der Waals surface area contributed by atoms with Crippen molar-refractivity contribution in [2.24, 2.45) is 0 Å². The van der Waals surface area contributed by atoms with Crippen LogP contribution in [0.3, 0.4) is 0 Å². The Kier molecular flexibility index (Phi) is 26.0. The van der Waals surface area contributed by atoms with E-state index in [-0.39, 0.29) is 30.0 Å². The van der Waals surface area contributed by atoms with Crippen molar-refractivity contribution in [3.05, 3.63) is 129 Å². The first-order chi connectivity index (χ1) is 41.1. The van der Waals surface area contributed by atoms with Crippen molar-refractivity contribution in [3.63, 3.8) is 0 Å². The summed E-state index contributed by atoms with van der Waals surface area (Å²) in [4.78, 5) is 78.9. The molecule has 31 heteroatoms.